The Hall–Kier alpha value is -2.62. The molecule has 1 atom stereocenters. The predicted octanol–water partition coefficient (Wildman–Crippen LogP) is 2.36. The van der Waals surface area contributed by atoms with Gasteiger partial charge in [0.05, 0.1) is 0 Å². The summed E-state index contributed by atoms with van der Waals surface area (Å²) >= 11 is 0. The van der Waals surface area contributed by atoms with Crippen molar-refractivity contribution in [2.24, 2.45) is 0 Å². The molecule has 1 unspecified atom stereocenters. The summed E-state index contributed by atoms with van der Waals surface area (Å²) in [5, 5.41) is 5.47. The van der Waals surface area contributed by atoms with E-state index >= 15 is 0 Å². The quantitative estimate of drug-likeness (QED) is 0.806. The highest BCUT2D eigenvalue weighted by molar-refractivity contribution is 6.19. The maximum absolute atomic E-state index is 12.2. The molecule has 0 bridgehead atoms. The van der Waals surface area contributed by atoms with E-state index in [1.54, 1.807) is 24.3 Å². The van der Waals surface area contributed by atoms with Crippen LogP contribution in [0, 0.1) is 0 Å². The van der Waals surface area contributed by atoms with Crippen LogP contribution in [0.4, 0.5) is 11.4 Å². The SMILES string of the molecule is O=C(Nc1ccccc1)C1C(=O)Nc2ccccc21. The van der Waals surface area contributed by atoms with Gasteiger partial charge in [0.1, 0.15) is 5.92 Å². The van der Waals surface area contributed by atoms with Crippen molar-refractivity contribution < 1.29 is 9.59 Å². The van der Waals surface area contributed by atoms with Crippen LogP contribution in [0.2, 0.25) is 0 Å². The molecule has 1 aliphatic rings. The molecule has 0 aliphatic carbocycles. The van der Waals surface area contributed by atoms with Crippen molar-refractivity contribution in [3.05, 3.63) is 60.2 Å². The maximum atomic E-state index is 12.2. The second kappa shape index (κ2) is 4.57. The highest BCUT2D eigenvalue weighted by atomic mass is 16.2. The molecule has 1 aliphatic heterocycles. The molecule has 2 aromatic carbocycles. The summed E-state index contributed by atoms with van der Waals surface area (Å²) in [5.41, 5.74) is 2.12. The monoisotopic (exact) mass is 252 g/mol. The van der Waals surface area contributed by atoms with Crippen LogP contribution >= 0.6 is 0 Å². The summed E-state index contributed by atoms with van der Waals surface area (Å²) < 4.78 is 0. The van der Waals surface area contributed by atoms with Crippen LogP contribution in [0.1, 0.15) is 11.5 Å². The third-order valence-electron chi connectivity index (χ3n) is 3.10. The van der Waals surface area contributed by atoms with E-state index in [4.69, 9.17) is 0 Å². The fraction of sp³-hybridized carbons (Fsp3) is 0.0667. The van der Waals surface area contributed by atoms with Gasteiger partial charge < -0.3 is 10.6 Å². The molecule has 0 spiro atoms. The number of amides is 2. The van der Waals surface area contributed by atoms with E-state index in [-0.39, 0.29) is 11.8 Å². The predicted molar refractivity (Wildman–Crippen MR) is 72.9 cm³/mol. The lowest BCUT2D eigenvalue weighted by Crippen LogP contribution is -2.26. The van der Waals surface area contributed by atoms with Crippen LogP contribution in [-0.2, 0) is 9.59 Å². The smallest absolute Gasteiger partial charge is 0.241 e. The number of benzene rings is 2. The average molecular weight is 252 g/mol. The van der Waals surface area contributed by atoms with Crippen LogP contribution < -0.4 is 10.6 Å². The first-order valence-corrected chi connectivity index (χ1v) is 6.01. The van der Waals surface area contributed by atoms with E-state index in [9.17, 15) is 9.59 Å². The molecule has 2 amide bonds. The minimum Gasteiger partial charge on any atom is -0.325 e. The fourth-order valence-electron chi connectivity index (χ4n) is 2.20. The van der Waals surface area contributed by atoms with Crippen LogP contribution in [-0.4, -0.2) is 11.8 Å². The Morgan fingerprint density at radius 2 is 1.68 bits per heavy atom. The van der Waals surface area contributed by atoms with Crippen molar-refractivity contribution in [2.75, 3.05) is 10.6 Å². The number of carbonyl (C=O) groups is 2. The summed E-state index contributed by atoms with van der Waals surface area (Å²) in [6.07, 6.45) is 0. The average Bonchev–Trinajstić information content (AvgIpc) is 2.75. The van der Waals surface area contributed by atoms with Gasteiger partial charge in [-0.1, -0.05) is 36.4 Å². The van der Waals surface area contributed by atoms with Gasteiger partial charge in [0.15, 0.2) is 0 Å². The van der Waals surface area contributed by atoms with E-state index in [1.165, 1.54) is 0 Å². The van der Waals surface area contributed by atoms with E-state index in [2.05, 4.69) is 10.6 Å². The summed E-state index contributed by atoms with van der Waals surface area (Å²) in [4.78, 5) is 24.1. The Kier molecular flexibility index (Phi) is 2.76. The Bertz CT molecular complexity index is 638. The molecular formula is C15H12N2O2. The number of para-hydroxylation sites is 2. The van der Waals surface area contributed by atoms with E-state index < -0.39 is 5.92 Å². The van der Waals surface area contributed by atoms with Gasteiger partial charge in [-0.2, -0.15) is 0 Å². The van der Waals surface area contributed by atoms with Gasteiger partial charge in [0.2, 0.25) is 11.8 Å². The zero-order valence-electron chi connectivity index (χ0n) is 10.1. The molecule has 94 valence electrons. The molecule has 4 heteroatoms. The first-order chi connectivity index (χ1) is 9.25. The highest BCUT2D eigenvalue weighted by Crippen LogP contribution is 2.32. The lowest BCUT2D eigenvalue weighted by Gasteiger charge is -2.09. The Balaban J connectivity index is 1.86. The molecule has 3 rings (SSSR count). The van der Waals surface area contributed by atoms with Gasteiger partial charge in [0.25, 0.3) is 0 Å². The standard InChI is InChI=1S/C15H12N2O2/c18-14(16-10-6-2-1-3-7-10)13-11-8-4-5-9-12(11)17-15(13)19/h1-9,13H,(H,16,18)(H,17,19). The maximum Gasteiger partial charge on any atom is 0.241 e. The molecule has 2 N–H and O–H groups in total. The highest BCUT2D eigenvalue weighted by Gasteiger charge is 2.36. The third-order valence-corrected chi connectivity index (χ3v) is 3.10. The summed E-state index contributed by atoms with van der Waals surface area (Å²) in [7, 11) is 0. The van der Waals surface area contributed by atoms with Crippen molar-refractivity contribution in [3.8, 4) is 0 Å². The van der Waals surface area contributed by atoms with Crippen LogP contribution in [0.5, 0.6) is 0 Å². The van der Waals surface area contributed by atoms with Gasteiger partial charge >= 0.3 is 0 Å². The first-order valence-electron chi connectivity index (χ1n) is 6.01. The van der Waals surface area contributed by atoms with Gasteiger partial charge in [-0.15, -0.1) is 0 Å². The fourth-order valence-corrected chi connectivity index (χ4v) is 2.20. The van der Waals surface area contributed by atoms with E-state index in [0.717, 1.165) is 5.56 Å². The zero-order chi connectivity index (χ0) is 13.2. The zero-order valence-corrected chi connectivity index (χ0v) is 10.1. The second-order valence-electron chi connectivity index (χ2n) is 4.36. The summed E-state index contributed by atoms with van der Waals surface area (Å²) in [5.74, 6) is -1.38. The molecular weight excluding hydrogens is 240 g/mol. The van der Waals surface area contributed by atoms with Crippen molar-refractivity contribution in [2.45, 2.75) is 5.92 Å². The molecule has 2 aromatic rings. The van der Waals surface area contributed by atoms with Crippen LogP contribution in [0.25, 0.3) is 0 Å². The molecule has 19 heavy (non-hydrogen) atoms. The van der Waals surface area contributed by atoms with Gasteiger partial charge in [-0.25, -0.2) is 0 Å². The summed E-state index contributed by atoms with van der Waals surface area (Å²) in [6.45, 7) is 0. The Labute approximate surface area is 110 Å². The third kappa shape index (κ3) is 2.08. The largest absolute Gasteiger partial charge is 0.325 e. The number of carbonyl (C=O) groups excluding carboxylic acids is 2. The Morgan fingerprint density at radius 3 is 2.47 bits per heavy atom. The number of anilines is 2. The number of fused-ring (bicyclic) bond motifs is 1. The Morgan fingerprint density at radius 1 is 1.00 bits per heavy atom. The molecule has 0 fully saturated rings. The van der Waals surface area contributed by atoms with E-state index in [1.807, 2.05) is 30.3 Å². The molecule has 4 nitrogen and oxygen atoms in total. The number of hydrogen-bond donors (Lipinski definition) is 2. The molecule has 0 saturated heterocycles. The lowest BCUT2D eigenvalue weighted by molar-refractivity contribution is -0.125. The molecule has 0 aromatic heterocycles. The van der Waals surface area contributed by atoms with Gasteiger partial charge in [-0.3, -0.25) is 9.59 Å². The molecule has 1 heterocycles. The molecule has 0 radical (unpaired) electrons. The molecule has 0 saturated carbocycles. The van der Waals surface area contributed by atoms with Gasteiger partial charge in [-0.05, 0) is 23.8 Å². The lowest BCUT2D eigenvalue weighted by atomic mass is 10.00. The van der Waals surface area contributed by atoms with Crippen molar-refractivity contribution in [3.63, 3.8) is 0 Å². The number of nitrogens with one attached hydrogen (secondary N) is 2. The number of hydrogen-bond acceptors (Lipinski definition) is 2. The van der Waals surface area contributed by atoms with Crippen molar-refractivity contribution >= 4 is 23.2 Å². The second-order valence-corrected chi connectivity index (χ2v) is 4.36. The minimum absolute atomic E-state index is 0.283. The van der Waals surface area contributed by atoms with Crippen LogP contribution in [0.3, 0.4) is 0 Å². The van der Waals surface area contributed by atoms with Crippen molar-refractivity contribution in [1.29, 1.82) is 0 Å². The minimum atomic E-state index is -0.781. The summed E-state index contributed by atoms with van der Waals surface area (Å²) in [6, 6.07) is 16.3. The van der Waals surface area contributed by atoms with Crippen LogP contribution in [0.15, 0.2) is 54.6 Å². The number of rotatable bonds is 2. The first kappa shape index (κ1) is 11.5. The van der Waals surface area contributed by atoms with Crippen molar-refractivity contribution in [1.82, 2.24) is 0 Å². The normalized spacial score (nSPS) is 16.6. The van der Waals surface area contributed by atoms with E-state index in [0.29, 0.717) is 11.4 Å². The topological polar surface area (TPSA) is 58.2 Å². The van der Waals surface area contributed by atoms with Gasteiger partial charge in [0, 0.05) is 11.4 Å².